The van der Waals surface area contributed by atoms with Crippen molar-refractivity contribution in [1.82, 2.24) is 0 Å². The molecule has 0 saturated carbocycles. The van der Waals surface area contributed by atoms with Crippen molar-refractivity contribution in [2.75, 3.05) is 19.0 Å². The third kappa shape index (κ3) is 3.10. The molecule has 0 amide bonds. The van der Waals surface area contributed by atoms with E-state index in [1.54, 1.807) is 25.1 Å². The smallest absolute Gasteiger partial charge is 0.338 e. The van der Waals surface area contributed by atoms with Crippen molar-refractivity contribution in [3.05, 3.63) is 57.6 Å². The maximum Gasteiger partial charge on any atom is 0.338 e. The van der Waals surface area contributed by atoms with Crippen LogP contribution in [0.1, 0.15) is 10.4 Å². The lowest BCUT2D eigenvalue weighted by atomic mass is 10.00. The van der Waals surface area contributed by atoms with Gasteiger partial charge in [0.05, 0.1) is 16.1 Å². The number of benzene rings is 2. The molecule has 0 aliphatic rings. The summed E-state index contributed by atoms with van der Waals surface area (Å²) in [5, 5.41) is 20.2. The largest absolute Gasteiger partial charge is 0.478 e. The zero-order chi connectivity index (χ0) is 17.3. The van der Waals surface area contributed by atoms with E-state index in [1.165, 1.54) is 12.1 Å². The lowest BCUT2D eigenvalue weighted by Gasteiger charge is -2.13. The van der Waals surface area contributed by atoms with E-state index in [4.69, 9.17) is 5.11 Å². The summed E-state index contributed by atoms with van der Waals surface area (Å²) in [7, 11) is 3.39. The Kier molecular flexibility index (Phi) is 4.26. The second kappa shape index (κ2) is 5.99. The van der Waals surface area contributed by atoms with E-state index >= 15 is 0 Å². The van der Waals surface area contributed by atoms with Crippen molar-refractivity contribution in [3.63, 3.8) is 0 Å². The number of hydrogen-bond donors (Lipinski definition) is 1. The van der Waals surface area contributed by atoms with Gasteiger partial charge in [0.25, 0.3) is 5.69 Å². The molecule has 0 atom stereocenters. The summed E-state index contributed by atoms with van der Waals surface area (Å²) in [5.41, 5.74) is -0.758. The zero-order valence-electron chi connectivity index (χ0n) is 12.2. The Morgan fingerprint density at radius 1 is 1.22 bits per heavy atom. The summed E-state index contributed by atoms with van der Waals surface area (Å²) >= 11 is 0. The van der Waals surface area contributed by atoms with Gasteiger partial charge in [-0.15, -0.1) is 0 Å². The number of carboxylic acids is 1. The molecular weight excluding hydrogens is 310 g/mol. The van der Waals surface area contributed by atoms with E-state index in [9.17, 15) is 23.7 Å². The first-order valence-electron chi connectivity index (χ1n) is 6.41. The van der Waals surface area contributed by atoms with Crippen LogP contribution in [0.5, 0.6) is 0 Å². The highest BCUT2D eigenvalue weighted by Gasteiger charge is 2.22. The Morgan fingerprint density at radius 3 is 2.39 bits per heavy atom. The first-order chi connectivity index (χ1) is 10.7. The van der Waals surface area contributed by atoms with Crippen LogP contribution in [0.25, 0.3) is 11.1 Å². The fraction of sp³-hybridized carbons (Fsp3) is 0.133. The number of hydrogen-bond acceptors (Lipinski definition) is 4. The van der Waals surface area contributed by atoms with Crippen LogP contribution >= 0.6 is 0 Å². The molecular formula is C15H12F2N2O4. The van der Waals surface area contributed by atoms with Crippen molar-refractivity contribution >= 4 is 17.3 Å². The van der Waals surface area contributed by atoms with Gasteiger partial charge >= 0.3 is 5.97 Å². The predicted octanol–water partition coefficient (Wildman–Crippen LogP) is 3.30. The third-order valence-electron chi connectivity index (χ3n) is 3.26. The van der Waals surface area contributed by atoms with Gasteiger partial charge in [-0.1, -0.05) is 0 Å². The van der Waals surface area contributed by atoms with Gasteiger partial charge in [-0.2, -0.15) is 0 Å². The molecule has 0 heterocycles. The quantitative estimate of drug-likeness (QED) is 0.689. The number of carboxylic acid groups (broad SMARTS) is 1. The van der Waals surface area contributed by atoms with E-state index in [0.29, 0.717) is 5.69 Å². The van der Waals surface area contributed by atoms with Gasteiger partial charge in [0.2, 0.25) is 0 Å². The number of nitrogens with zero attached hydrogens (tertiary/aromatic N) is 2. The second-order valence-electron chi connectivity index (χ2n) is 4.98. The summed E-state index contributed by atoms with van der Waals surface area (Å²) in [4.78, 5) is 23.2. The van der Waals surface area contributed by atoms with Crippen LogP contribution in [0.2, 0.25) is 0 Å². The molecule has 0 aliphatic carbocycles. The monoisotopic (exact) mass is 322 g/mol. The van der Waals surface area contributed by atoms with Crippen LogP contribution in [0.3, 0.4) is 0 Å². The Bertz CT molecular complexity index is 806. The van der Waals surface area contributed by atoms with Gasteiger partial charge in [0.1, 0.15) is 0 Å². The molecule has 0 saturated heterocycles. The van der Waals surface area contributed by atoms with Crippen molar-refractivity contribution < 1.29 is 23.6 Å². The average Bonchev–Trinajstić information content (AvgIpc) is 2.48. The number of halogens is 2. The normalized spacial score (nSPS) is 10.4. The molecule has 0 bridgehead atoms. The summed E-state index contributed by atoms with van der Waals surface area (Å²) in [6, 6.07) is 5.81. The molecule has 8 heteroatoms. The Morgan fingerprint density at radius 2 is 1.87 bits per heavy atom. The average molecular weight is 322 g/mol. The molecule has 6 nitrogen and oxygen atoms in total. The number of aromatic carboxylic acids is 1. The summed E-state index contributed by atoms with van der Waals surface area (Å²) < 4.78 is 27.1. The number of nitro benzene ring substituents is 1. The van der Waals surface area contributed by atoms with E-state index in [-0.39, 0.29) is 16.8 Å². The van der Waals surface area contributed by atoms with Crippen LogP contribution in [0.15, 0.2) is 30.3 Å². The minimum Gasteiger partial charge on any atom is -0.478 e. The minimum absolute atomic E-state index is 0.00185. The molecule has 23 heavy (non-hydrogen) atoms. The minimum atomic E-state index is -1.66. The van der Waals surface area contributed by atoms with Gasteiger partial charge in [-0.25, -0.2) is 13.6 Å². The Labute approximate surface area is 129 Å². The third-order valence-corrected chi connectivity index (χ3v) is 3.26. The lowest BCUT2D eigenvalue weighted by Crippen LogP contribution is -2.09. The van der Waals surface area contributed by atoms with Crippen molar-refractivity contribution in [2.24, 2.45) is 0 Å². The first kappa shape index (κ1) is 16.3. The fourth-order valence-corrected chi connectivity index (χ4v) is 2.09. The van der Waals surface area contributed by atoms with Gasteiger partial charge in [-0.05, 0) is 29.8 Å². The SMILES string of the molecule is CN(C)c1ccc(-c2cc(F)c(F)c(C(=O)O)c2)c([N+](=O)[O-])c1. The molecule has 2 aromatic rings. The number of anilines is 1. The highest BCUT2D eigenvalue weighted by atomic mass is 19.2. The topological polar surface area (TPSA) is 83.7 Å². The lowest BCUT2D eigenvalue weighted by molar-refractivity contribution is -0.384. The fourth-order valence-electron chi connectivity index (χ4n) is 2.09. The van der Waals surface area contributed by atoms with E-state index < -0.39 is 28.1 Å². The Balaban J connectivity index is 2.71. The van der Waals surface area contributed by atoms with Gasteiger partial charge in [0, 0.05) is 25.8 Å². The molecule has 0 fully saturated rings. The van der Waals surface area contributed by atoms with E-state index in [1.807, 2.05) is 0 Å². The second-order valence-corrected chi connectivity index (χ2v) is 4.98. The van der Waals surface area contributed by atoms with E-state index in [2.05, 4.69) is 0 Å². The summed E-state index contributed by atoms with van der Waals surface area (Å²) in [6.07, 6.45) is 0. The molecule has 2 aromatic carbocycles. The maximum absolute atomic E-state index is 13.6. The first-order valence-corrected chi connectivity index (χ1v) is 6.41. The van der Waals surface area contributed by atoms with Crippen molar-refractivity contribution in [1.29, 1.82) is 0 Å². The van der Waals surface area contributed by atoms with Crippen LogP contribution in [0, 0.1) is 21.7 Å². The zero-order valence-corrected chi connectivity index (χ0v) is 12.2. The van der Waals surface area contributed by atoms with E-state index in [0.717, 1.165) is 12.1 Å². The molecule has 0 spiro atoms. The molecule has 2 rings (SSSR count). The van der Waals surface area contributed by atoms with Crippen LogP contribution < -0.4 is 4.90 Å². The summed E-state index contributed by atoms with van der Waals surface area (Å²) in [6.45, 7) is 0. The highest BCUT2D eigenvalue weighted by Crippen LogP contribution is 2.34. The number of carbonyl (C=O) groups is 1. The molecule has 1 N–H and O–H groups in total. The van der Waals surface area contributed by atoms with Gasteiger partial charge in [-0.3, -0.25) is 10.1 Å². The number of rotatable bonds is 4. The van der Waals surface area contributed by atoms with Gasteiger partial charge in [0.15, 0.2) is 11.6 Å². The molecule has 0 unspecified atom stereocenters. The van der Waals surface area contributed by atoms with Crippen molar-refractivity contribution in [3.8, 4) is 11.1 Å². The Hall–Kier alpha value is -3.03. The molecule has 0 aliphatic heterocycles. The number of nitro groups is 1. The predicted molar refractivity (Wildman–Crippen MR) is 79.7 cm³/mol. The standard InChI is InChI=1S/C15H12F2N2O4/c1-18(2)9-3-4-10(13(7-9)19(22)23)8-5-11(15(20)21)14(17)12(16)6-8/h3-7H,1-2H3,(H,20,21). The highest BCUT2D eigenvalue weighted by molar-refractivity contribution is 5.90. The van der Waals surface area contributed by atoms with Gasteiger partial charge < -0.3 is 10.0 Å². The van der Waals surface area contributed by atoms with Crippen LogP contribution in [-0.2, 0) is 0 Å². The maximum atomic E-state index is 13.6. The van der Waals surface area contributed by atoms with Crippen LogP contribution in [0.4, 0.5) is 20.2 Å². The van der Waals surface area contributed by atoms with Crippen molar-refractivity contribution in [2.45, 2.75) is 0 Å². The molecule has 0 radical (unpaired) electrons. The summed E-state index contributed by atoms with van der Waals surface area (Å²) in [5.74, 6) is -4.55. The van der Waals surface area contributed by atoms with Crippen LogP contribution in [-0.4, -0.2) is 30.1 Å². The molecule has 120 valence electrons. The molecule has 0 aromatic heterocycles.